The second kappa shape index (κ2) is 4.07. The van der Waals surface area contributed by atoms with Crippen molar-refractivity contribution in [3.8, 4) is 0 Å². The number of thiophene rings is 1. The Morgan fingerprint density at radius 3 is 2.83 bits per heavy atom. The van der Waals surface area contributed by atoms with Crippen molar-refractivity contribution in [1.82, 2.24) is 4.98 Å². The van der Waals surface area contributed by atoms with E-state index in [1.807, 2.05) is 18.2 Å². The molecule has 0 radical (unpaired) electrons. The fourth-order valence-corrected chi connectivity index (χ4v) is 2.90. The third-order valence-electron chi connectivity index (χ3n) is 2.84. The Morgan fingerprint density at radius 1 is 1.22 bits per heavy atom. The van der Waals surface area contributed by atoms with Gasteiger partial charge in [-0.15, -0.1) is 11.3 Å². The van der Waals surface area contributed by atoms with Gasteiger partial charge in [0.1, 0.15) is 9.71 Å². The van der Waals surface area contributed by atoms with E-state index in [0.29, 0.717) is 4.88 Å². The number of benzene rings is 1. The zero-order chi connectivity index (χ0) is 12.7. The van der Waals surface area contributed by atoms with Gasteiger partial charge in [-0.3, -0.25) is 0 Å². The lowest BCUT2D eigenvalue weighted by Crippen LogP contribution is -1.96. The quantitative estimate of drug-likeness (QED) is 0.626. The van der Waals surface area contributed by atoms with Crippen molar-refractivity contribution >= 4 is 38.4 Å². The molecule has 0 atom stereocenters. The highest BCUT2D eigenvalue weighted by molar-refractivity contribution is 7.20. The van der Waals surface area contributed by atoms with Crippen molar-refractivity contribution in [1.29, 1.82) is 0 Å². The average Bonchev–Trinajstić information content (AvgIpc) is 2.77. The van der Waals surface area contributed by atoms with Gasteiger partial charge in [0.15, 0.2) is 0 Å². The molecule has 2 aromatic heterocycles. The molecular weight excluding hydrogens is 246 g/mol. The standard InChI is InChI=1S/C14H11NO2S/c1-8-3-4-11-9(5-8)6-10-7-12(14(16)17-2)18-13(10)15-11/h3-7H,1-2H3. The number of ether oxygens (including phenoxy) is 1. The van der Waals surface area contributed by atoms with Gasteiger partial charge < -0.3 is 4.74 Å². The number of pyridine rings is 1. The van der Waals surface area contributed by atoms with Gasteiger partial charge in [-0.25, -0.2) is 9.78 Å². The van der Waals surface area contributed by atoms with E-state index in [0.717, 1.165) is 21.1 Å². The highest BCUT2D eigenvalue weighted by Crippen LogP contribution is 2.28. The number of esters is 1. The van der Waals surface area contributed by atoms with Crippen LogP contribution in [0.25, 0.3) is 21.1 Å². The summed E-state index contributed by atoms with van der Waals surface area (Å²) in [5, 5.41) is 2.08. The van der Waals surface area contributed by atoms with Gasteiger partial charge in [-0.2, -0.15) is 0 Å². The molecule has 0 spiro atoms. The summed E-state index contributed by atoms with van der Waals surface area (Å²) in [6, 6.07) is 10.0. The molecule has 18 heavy (non-hydrogen) atoms. The Bertz CT molecular complexity index is 761. The van der Waals surface area contributed by atoms with Gasteiger partial charge in [-0.05, 0) is 31.2 Å². The number of aryl methyl sites for hydroxylation is 1. The van der Waals surface area contributed by atoms with E-state index < -0.39 is 0 Å². The number of carbonyl (C=O) groups excluding carboxylic acids is 1. The van der Waals surface area contributed by atoms with E-state index in [-0.39, 0.29) is 5.97 Å². The van der Waals surface area contributed by atoms with Crippen molar-refractivity contribution in [3.63, 3.8) is 0 Å². The first kappa shape index (κ1) is 11.2. The van der Waals surface area contributed by atoms with Crippen LogP contribution >= 0.6 is 11.3 Å². The molecule has 0 aliphatic heterocycles. The first-order valence-electron chi connectivity index (χ1n) is 5.56. The first-order valence-corrected chi connectivity index (χ1v) is 6.38. The lowest BCUT2D eigenvalue weighted by molar-refractivity contribution is 0.0606. The molecule has 2 heterocycles. The van der Waals surface area contributed by atoms with Gasteiger partial charge >= 0.3 is 5.97 Å². The minimum absolute atomic E-state index is 0.307. The minimum Gasteiger partial charge on any atom is -0.465 e. The van der Waals surface area contributed by atoms with Crippen LogP contribution in [-0.4, -0.2) is 18.1 Å². The van der Waals surface area contributed by atoms with Gasteiger partial charge in [0.2, 0.25) is 0 Å². The molecule has 3 rings (SSSR count). The summed E-state index contributed by atoms with van der Waals surface area (Å²) in [5.41, 5.74) is 2.15. The molecule has 4 heteroatoms. The lowest BCUT2D eigenvalue weighted by atomic mass is 10.1. The zero-order valence-corrected chi connectivity index (χ0v) is 10.9. The van der Waals surface area contributed by atoms with Crippen LogP contribution in [0.1, 0.15) is 15.2 Å². The Balaban J connectivity index is 2.27. The van der Waals surface area contributed by atoms with Gasteiger partial charge in [0.25, 0.3) is 0 Å². The smallest absolute Gasteiger partial charge is 0.348 e. The monoisotopic (exact) mass is 257 g/mol. The van der Waals surface area contributed by atoms with Crippen molar-refractivity contribution in [3.05, 3.63) is 40.8 Å². The minimum atomic E-state index is -0.307. The molecule has 0 fully saturated rings. The number of carbonyl (C=O) groups is 1. The summed E-state index contributed by atoms with van der Waals surface area (Å²) in [4.78, 5) is 17.5. The SMILES string of the molecule is COC(=O)c1cc2cc3cc(C)ccc3nc2s1. The Kier molecular flexibility index (Phi) is 2.52. The molecule has 3 nitrogen and oxygen atoms in total. The van der Waals surface area contributed by atoms with Crippen LogP contribution in [0.2, 0.25) is 0 Å². The maximum absolute atomic E-state index is 11.5. The van der Waals surface area contributed by atoms with E-state index in [4.69, 9.17) is 4.74 Å². The molecule has 0 amide bonds. The molecule has 0 N–H and O–H groups in total. The number of hydrogen-bond acceptors (Lipinski definition) is 4. The summed E-state index contributed by atoms with van der Waals surface area (Å²) in [5.74, 6) is -0.307. The van der Waals surface area contributed by atoms with Gasteiger partial charge in [-0.1, -0.05) is 11.6 Å². The third-order valence-corrected chi connectivity index (χ3v) is 3.87. The Morgan fingerprint density at radius 2 is 2.06 bits per heavy atom. The van der Waals surface area contributed by atoms with Crippen LogP contribution in [0.15, 0.2) is 30.3 Å². The predicted molar refractivity (Wildman–Crippen MR) is 73.2 cm³/mol. The van der Waals surface area contributed by atoms with E-state index in [9.17, 15) is 4.79 Å². The number of rotatable bonds is 1. The molecule has 0 aliphatic rings. The van der Waals surface area contributed by atoms with Crippen LogP contribution in [0.3, 0.4) is 0 Å². The largest absolute Gasteiger partial charge is 0.465 e. The molecule has 90 valence electrons. The normalized spacial score (nSPS) is 11.0. The summed E-state index contributed by atoms with van der Waals surface area (Å²) in [7, 11) is 1.39. The van der Waals surface area contributed by atoms with E-state index in [2.05, 4.69) is 24.0 Å². The van der Waals surface area contributed by atoms with Crippen molar-refractivity contribution < 1.29 is 9.53 Å². The summed E-state index contributed by atoms with van der Waals surface area (Å²) < 4.78 is 4.73. The van der Waals surface area contributed by atoms with Crippen molar-refractivity contribution in [2.45, 2.75) is 6.92 Å². The van der Waals surface area contributed by atoms with Gasteiger partial charge in [0.05, 0.1) is 12.6 Å². The second-order valence-corrected chi connectivity index (χ2v) is 5.21. The summed E-state index contributed by atoms with van der Waals surface area (Å²) >= 11 is 1.36. The van der Waals surface area contributed by atoms with Gasteiger partial charge in [0, 0.05) is 10.8 Å². The highest BCUT2D eigenvalue weighted by Gasteiger charge is 2.11. The fraction of sp³-hybridized carbons (Fsp3) is 0.143. The number of hydrogen-bond donors (Lipinski definition) is 0. The maximum atomic E-state index is 11.5. The first-order chi connectivity index (χ1) is 8.67. The predicted octanol–water partition coefficient (Wildman–Crippen LogP) is 3.54. The van der Waals surface area contributed by atoms with Crippen LogP contribution in [0.4, 0.5) is 0 Å². The van der Waals surface area contributed by atoms with Crippen LogP contribution in [-0.2, 0) is 4.74 Å². The highest BCUT2D eigenvalue weighted by atomic mass is 32.1. The molecule has 0 saturated heterocycles. The molecule has 0 bridgehead atoms. The van der Waals surface area contributed by atoms with E-state index >= 15 is 0 Å². The summed E-state index contributed by atoms with van der Waals surface area (Å²) in [6.45, 7) is 2.05. The number of nitrogens with zero attached hydrogens (tertiary/aromatic N) is 1. The van der Waals surface area contributed by atoms with Crippen LogP contribution < -0.4 is 0 Å². The van der Waals surface area contributed by atoms with E-state index in [1.54, 1.807) is 0 Å². The van der Waals surface area contributed by atoms with Crippen LogP contribution in [0, 0.1) is 6.92 Å². The number of methoxy groups -OCH3 is 1. The van der Waals surface area contributed by atoms with Crippen molar-refractivity contribution in [2.75, 3.05) is 7.11 Å². The van der Waals surface area contributed by atoms with Crippen molar-refractivity contribution in [2.24, 2.45) is 0 Å². The molecule has 3 aromatic rings. The zero-order valence-electron chi connectivity index (χ0n) is 10.1. The van der Waals surface area contributed by atoms with Crippen LogP contribution in [0.5, 0.6) is 0 Å². The number of fused-ring (bicyclic) bond motifs is 2. The average molecular weight is 257 g/mol. The summed E-state index contributed by atoms with van der Waals surface area (Å²) in [6.07, 6.45) is 0. The Hall–Kier alpha value is -1.94. The fourth-order valence-electron chi connectivity index (χ4n) is 1.96. The lowest BCUT2D eigenvalue weighted by Gasteiger charge is -1.98. The third kappa shape index (κ3) is 1.75. The van der Waals surface area contributed by atoms with E-state index in [1.165, 1.54) is 24.0 Å². The topological polar surface area (TPSA) is 39.2 Å². The second-order valence-electron chi connectivity index (χ2n) is 4.18. The molecule has 0 saturated carbocycles. The number of aromatic nitrogens is 1. The molecule has 1 aromatic carbocycles. The molecule has 0 unspecified atom stereocenters. The molecule has 0 aliphatic carbocycles. The maximum Gasteiger partial charge on any atom is 0.348 e. The Labute approximate surface area is 108 Å². The molecular formula is C14H11NO2S.